The van der Waals surface area contributed by atoms with E-state index in [0.717, 1.165) is 20.8 Å². The molecule has 0 radical (unpaired) electrons. The van der Waals surface area contributed by atoms with Crippen molar-refractivity contribution >= 4 is 62.0 Å². The molecule has 0 fully saturated rings. The molecule has 0 atom stereocenters. The molecule has 0 aliphatic rings. The predicted molar refractivity (Wildman–Crippen MR) is 125 cm³/mol. The highest BCUT2D eigenvalue weighted by Gasteiger charge is 2.11. The molecule has 30 heavy (non-hydrogen) atoms. The third kappa shape index (κ3) is 4.43. The van der Waals surface area contributed by atoms with E-state index in [-0.39, 0.29) is 12.3 Å². The highest BCUT2D eigenvalue weighted by Crippen LogP contribution is 2.34. The average molecular weight is 502 g/mol. The summed E-state index contributed by atoms with van der Waals surface area (Å²) in [4.78, 5) is 12.3. The van der Waals surface area contributed by atoms with E-state index < -0.39 is 0 Å². The number of benzene rings is 3. The summed E-state index contributed by atoms with van der Waals surface area (Å²) in [5, 5.41) is 6.96. The molecule has 4 rings (SSSR count). The van der Waals surface area contributed by atoms with Crippen molar-refractivity contribution in [3.63, 3.8) is 0 Å². The van der Waals surface area contributed by atoms with Gasteiger partial charge in [-0.3, -0.25) is 4.79 Å². The van der Waals surface area contributed by atoms with Crippen LogP contribution in [-0.4, -0.2) is 12.1 Å². The SMILES string of the molecule is O=C(Cc1ccc(Br)c2ccccc12)N/N=C\c1ccc(-c2cccc(Cl)c2Cl)o1. The van der Waals surface area contributed by atoms with Gasteiger partial charge in [-0.1, -0.05) is 75.5 Å². The van der Waals surface area contributed by atoms with Crippen LogP contribution in [0.3, 0.4) is 0 Å². The van der Waals surface area contributed by atoms with E-state index in [0.29, 0.717) is 27.1 Å². The number of hydrazone groups is 1. The van der Waals surface area contributed by atoms with Gasteiger partial charge in [0, 0.05) is 10.0 Å². The molecule has 7 heteroatoms. The highest BCUT2D eigenvalue weighted by molar-refractivity contribution is 9.10. The quantitative estimate of drug-likeness (QED) is 0.240. The van der Waals surface area contributed by atoms with Crippen LogP contribution in [0.25, 0.3) is 22.1 Å². The summed E-state index contributed by atoms with van der Waals surface area (Å²) in [5.41, 5.74) is 4.16. The second-order valence-corrected chi connectivity index (χ2v) is 8.16. The lowest BCUT2D eigenvalue weighted by atomic mass is 10.0. The fourth-order valence-electron chi connectivity index (χ4n) is 3.12. The first-order valence-electron chi connectivity index (χ1n) is 9.05. The first-order valence-corrected chi connectivity index (χ1v) is 10.6. The molecule has 0 spiro atoms. The number of carbonyl (C=O) groups excluding carboxylic acids is 1. The number of nitrogens with zero attached hydrogens (tertiary/aromatic N) is 1. The predicted octanol–water partition coefficient (Wildman–Crippen LogP) is 6.86. The van der Waals surface area contributed by atoms with Crippen molar-refractivity contribution in [2.24, 2.45) is 5.10 Å². The van der Waals surface area contributed by atoms with Gasteiger partial charge in [0.2, 0.25) is 5.91 Å². The van der Waals surface area contributed by atoms with Gasteiger partial charge in [-0.25, -0.2) is 5.43 Å². The third-order valence-electron chi connectivity index (χ3n) is 4.54. The maximum absolute atomic E-state index is 12.3. The first-order chi connectivity index (χ1) is 14.5. The Morgan fingerprint density at radius 3 is 2.63 bits per heavy atom. The summed E-state index contributed by atoms with van der Waals surface area (Å²) >= 11 is 15.8. The van der Waals surface area contributed by atoms with Gasteiger partial charge >= 0.3 is 0 Å². The largest absolute Gasteiger partial charge is 0.455 e. The minimum Gasteiger partial charge on any atom is -0.455 e. The molecule has 1 N–H and O–H groups in total. The van der Waals surface area contributed by atoms with Crippen LogP contribution in [0, 0.1) is 0 Å². The molecule has 150 valence electrons. The van der Waals surface area contributed by atoms with E-state index in [9.17, 15) is 4.79 Å². The van der Waals surface area contributed by atoms with Crippen molar-refractivity contribution in [1.82, 2.24) is 5.43 Å². The van der Waals surface area contributed by atoms with Crippen molar-refractivity contribution < 1.29 is 9.21 Å². The van der Waals surface area contributed by atoms with E-state index in [4.69, 9.17) is 27.6 Å². The molecule has 1 amide bonds. The topological polar surface area (TPSA) is 54.6 Å². The second-order valence-electron chi connectivity index (χ2n) is 6.53. The number of rotatable bonds is 5. The van der Waals surface area contributed by atoms with Crippen molar-refractivity contribution in [3.05, 3.63) is 92.6 Å². The van der Waals surface area contributed by atoms with Crippen LogP contribution in [0.2, 0.25) is 10.0 Å². The fourth-order valence-corrected chi connectivity index (χ4v) is 3.99. The zero-order valence-corrected chi connectivity index (χ0v) is 18.6. The molecule has 4 aromatic rings. The van der Waals surface area contributed by atoms with Crippen LogP contribution >= 0.6 is 39.1 Å². The molecule has 0 saturated carbocycles. The van der Waals surface area contributed by atoms with Gasteiger partial charge < -0.3 is 4.42 Å². The highest BCUT2D eigenvalue weighted by atomic mass is 79.9. The van der Waals surface area contributed by atoms with E-state index in [1.54, 1.807) is 24.3 Å². The molecule has 0 aliphatic carbocycles. The normalized spacial score (nSPS) is 11.3. The number of fused-ring (bicyclic) bond motifs is 1. The molecule has 4 nitrogen and oxygen atoms in total. The average Bonchev–Trinajstić information content (AvgIpc) is 3.21. The van der Waals surface area contributed by atoms with Gasteiger partial charge in [0.25, 0.3) is 0 Å². The van der Waals surface area contributed by atoms with E-state index in [2.05, 4.69) is 26.5 Å². The number of hydrogen-bond acceptors (Lipinski definition) is 3. The standard InChI is InChI=1S/C23H15BrCl2N2O2/c24-19-10-8-14(16-4-1-2-5-17(16)19)12-22(29)28-27-13-15-9-11-21(30-15)18-6-3-7-20(25)23(18)26/h1-11,13H,12H2,(H,28,29)/b27-13-. The van der Waals surface area contributed by atoms with E-state index in [1.165, 1.54) is 6.21 Å². The molecule has 1 heterocycles. The second kappa shape index (κ2) is 9.04. The van der Waals surface area contributed by atoms with Crippen molar-refractivity contribution in [3.8, 4) is 11.3 Å². The summed E-state index contributed by atoms with van der Waals surface area (Å²) in [6.07, 6.45) is 1.66. The third-order valence-corrected chi connectivity index (χ3v) is 6.05. The van der Waals surface area contributed by atoms with Gasteiger partial charge in [-0.15, -0.1) is 0 Å². The summed E-state index contributed by atoms with van der Waals surface area (Å²) in [6, 6.07) is 20.6. The smallest absolute Gasteiger partial charge is 0.244 e. The molecule has 0 saturated heterocycles. The maximum Gasteiger partial charge on any atom is 0.244 e. The van der Waals surface area contributed by atoms with Gasteiger partial charge in [0.1, 0.15) is 11.5 Å². The Labute approximate surface area is 191 Å². The van der Waals surface area contributed by atoms with Crippen LogP contribution in [-0.2, 0) is 11.2 Å². The van der Waals surface area contributed by atoms with E-state index in [1.807, 2.05) is 42.5 Å². The number of amides is 1. The summed E-state index contributed by atoms with van der Waals surface area (Å²) in [5.74, 6) is 0.829. The van der Waals surface area contributed by atoms with Gasteiger partial charge in [-0.05, 0) is 46.7 Å². The van der Waals surface area contributed by atoms with Gasteiger partial charge in [0.15, 0.2) is 0 Å². The first kappa shape index (κ1) is 20.7. The summed E-state index contributed by atoms with van der Waals surface area (Å²) in [7, 11) is 0. The van der Waals surface area contributed by atoms with Crippen molar-refractivity contribution in [1.29, 1.82) is 0 Å². The number of furan rings is 1. The maximum atomic E-state index is 12.3. The van der Waals surface area contributed by atoms with Crippen LogP contribution in [0.15, 0.2) is 80.7 Å². The Kier molecular flexibility index (Phi) is 6.23. The lowest BCUT2D eigenvalue weighted by molar-refractivity contribution is -0.120. The van der Waals surface area contributed by atoms with E-state index >= 15 is 0 Å². The van der Waals surface area contributed by atoms with Gasteiger partial charge in [-0.2, -0.15) is 5.10 Å². The Bertz CT molecular complexity index is 1270. The Morgan fingerprint density at radius 2 is 1.80 bits per heavy atom. The molecular weight excluding hydrogens is 487 g/mol. The fraction of sp³-hybridized carbons (Fsp3) is 0.0435. The molecule has 1 aromatic heterocycles. The number of carbonyl (C=O) groups is 1. The summed E-state index contributed by atoms with van der Waals surface area (Å²) < 4.78 is 6.72. The van der Waals surface area contributed by atoms with Crippen LogP contribution in [0.4, 0.5) is 0 Å². The Morgan fingerprint density at radius 1 is 1.00 bits per heavy atom. The van der Waals surface area contributed by atoms with Crippen molar-refractivity contribution in [2.75, 3.05) is 0 Å². The lowest BCUT2D eigenvalue weighted by Gasteiger charge is -2.07. The zero-order chi connectivity index (χ0) is 21.1. The minimum absolute atomic E-state index is 0.215. The number of nitrogens with one attached hydrogen (secondary N) is 1. The molecule has 0 unspecified atom stereocenters. The van der Waals surface area contributed by atoms with Gasteiger partial charge in [0.05, 0.1) is 22.7 Å². The van der Waals surface area contributed by atoms with Crippen LogP contribution in [0.1, 0.15) is 11.3 Å². The van der Waals surface area contributed by atoms with Crippen LogP contribution in [0.5, 0.6) is 0 Å². The van der Waals surface area contributed by atoms with Crippen molar-refractivity contribution in [2.45, 2.75) is 6.42 Å². The number of halogens is 3. The Hall–Kier alpha value is -2.60. The summed E-state index contributed by atoms with van der Waals surface area (Å²) in [6.45, 7) is 0. The minimum atomic E-state index is -0.219. The molecule has 0 bridgehead atoms. The zero-order valence-electron chi connectivity index (χ0n) is 15.5. The monoisotopic (exact) mass is 500 g/mol. The molecule has 0 aliphatic heterocycles. The lowest BCUT2D eigenvalue weighted by Crippen LogP contribution is -2.19. The molecule has 3 aromatic carbocycles. The number of hydrogen-bond donors (Lipinski definition) is 1. The van der Waals surface area contributed by atoms with Crippen LogP contribution < -0.4 is 5.43 Å². The molecular formula is C23H15BrCl2N2O2. The Balaban J connectivity index is 1.43.